The molecule has 19 heavy (non-hydrogen) atoms. The van der Waals surface area contributed by atoms with E-state index >= 15 is 0 Å². The molecule has 0 aliphatic carbocycles. The van der Waals surface area contributed by atoms with Crippen LogP contribution < -0.4 is 4.90 Å². The second-order valence-electron chi connectivity index (χ2n) is 5.11. The van der Waals surface area contributed by atoms with Crippen LogP contribution in [0.25, 0.3) is 0 Å². The first kappa shape index (κ1) is 13.6. The van der Waals surface area contributed by atoms with Crippen molar-refractivity contribution in [1.29, 1.82) is 0 Å². The van der Waals surface area contributed by atoms with Crippen LogP contribution in [0.15, 0.2) is 48.5 Å². The number of hydrogen-bond donors (Lipinski definition) is 1. The van der Waals surface area contributed by atoms with E-state index in [9.17, 15) is 5.11 Å². The summed E-state index contributed by atoms with van der Waals surface area (Å²) in [5, 5.41) is 9.50. The van der Waals surface area contributed by atoms with Crippen LogP contribution in [-0.4, -0.2) is 12.2 Å². The molecular formula is C17H21NO. The summed E-state index contributed by atoms with van der Waals surface area (Å²) in [5.41, 5.74) is 4.69. The Morgan fingerprint density at radius 3 is 2.11 bits per heavy atom. The molecule has 2 nitrogen and oxygen atoms in total. The molecular weight excluding hydrogens is 234 g/mol. The highest BCUT2D eigenvalue weighted by Gasteiger charge is 2.04. The molecule has 1 atom stereocenters. The maximum Gasteiger partial charge on any atom is 0.0761 e. The van der Waals surface area contributed by atoms with Gasteiger partial charge in [0, 0.05) is 19.3 Å². The van der Waals surface area contributed by atoms with Crippen LogP contribution in [-0.2, 0) is 6.54 Å². The Balaban J connectivity index is 2.07. The van der Waals surface area contributed by atoms with E-state index in [0.29, 0.717) is 0 Å². The molecule has 2 rings (SSSR count). The largest absolute Gasteiger partial charge is 0.389 e. The van der Waals surface area contributed by atoms with Crippen molar-refractivity contribution in [3.63, 3.8) is 0 Å². The van der Waals surface area contributed by atoms with E-state index in [1.807, 2.05) is 12.1 Å². The van der Waals surface area contributed by atoms with Gasteiger partial charge in [-0.25, -0.2) is 0 Å². The quantitative estimate of drug-likeness (QED) is 0.900. The smallest absolute Gasteiger partial charge is 0.0761 e. The lowest BCUT2D eigenvalue weighted by Gasteiger charge is -2.20. The van der Waals surface area contributed by atoms with Gasteiger partial charge in [0.2, 0.25) is 0 Å². The molecule has 0 unspecified atom stereocenters. The molecule has 0 radical (unpaired) electrons. The lowest BCUT2D eigenvalue weighted by molar-refractivity contribution is 0.199. The van der Waals surface area contributed by atoms with Crippen molar-refractivity contribution in [3.05, 3.63) is 65.2 Å². The number of aliphatic hydroxyl groups is 1. The van der Waals surface area contributed by atoms with Crippen molar-refractivity contribution in [1.82, 2.24) is 0 Å². The van der Waals surface area contributed by atoms with Crippen molar-refractivity contribution in [2.24, 2.45) is 0 Å². The zero-order valence-corrected chi connectivity index (χ0v) is 11.8. The van der Waals surface area contributed by atoms with E-state index < -0.39 is 6.10 Å². The van der Waals surface area contributed by atoms with Crippen molar-refractivity contribution >= 4 is 5.69 Å². The molecule has 0 saturated heterocycles. The van der Waals surface area contributed by atoms with Crippen LogP contribution in [0.1, 0.15) is 29.7 Å². The summed E-state index contributed by atoms with van der Waals surface area (Å²) in [4.78, 5) is 2.20. The summed E-state index contributed by atoms with van der Waals surface area (Å²) in [6, 6.07) is 16.7. The third-order valence-electron chi connectivity index (χ3n) is 3.36. The van der Waals surface area contributed by atoms with Gasteiger partial charge >= 0.3 is 0 Å². The van der Waals surface area contributed by atoms with E-state index in [4.69, 9.17) is 0 Å². The molecule has 0 aliphatic rings. The monoisotopic (exact) mass is 255 g/mol. The maximum absolute atomic E-state index is 9.50. The van der Waals surface area contributed by atoms with Gasteiger partial charge in [0.15, 0.2) is 0 Å². The first-order valence-corrected chi connectivity index (χ1v) is 6.61. The number of aryl methyl sites for hydroxylation is 1. The molecule has 0 bridgehead atoms. The fourth-order valence-corrected chi connectivity index (χ4v) is 2.07. The Morgan fingerprint density at radius 1 is 1.00 bits per heavy atom. The SMILES string of the molecule is Cc1ccc(CN(C)c2ccc([C@@H](C)O)cc2)cc1. The van der Waals surface area contributed by atoms with Crippen LogP contribution in [0.2, 0.25) is 0 Å². The minimum absolute atomic E-state index is 0.406. The number of benzene rings is 2. The Bertz CT molecular complexity index is 514. The molecule has 0 spiro atoms. The third kappa shape index (κ3) is 3.58. The van der Waals surface area contributed by atoms with Gasteiger partial charge in [-0.15, -0.1) is 0 Å². The molecule has 1 N–H and O–H groups in total. The van der Waals surface area contributed by atoms with Gasteiger partial charge in [0.05, 0.1) is 6.10 Å². The van der Waals surface area contributed by atoms with E-state index in [2.05, 4.69) is 55.3 Å². The average Bonchev–Trinajstić information content (AvgIpc) is 2.41. The number of aliphatic hydroxyl groups excluding tert-OH is 1. The van der Waals surface area contributed by atoms with Crippen LogP contribution in [0.5, 0.6) is 0 Å². The number of nitrogens with zero attached hydrogens (tertiary/aromatic N) is 1. The Kier molecular flexibility index (Phi) is 4.23. The van der Waals surface area contributed by atoms with Gasteiger partial charge in [0.1, 0.15) is 0 Å². The second-order valence-corrected chi connectivity index (χ2v) is 5.11. The fourth-order valence-electron chi connectivity index (χ4n) is 2.07. The summed E-state index contributed by atoms with van der Waals surface area (Å²) < 4.78 is 0. The van der Waals surface area contributed by atoms with Gasteiger partial charge in [0.25, 0.3) is 0 Å². The van der Waals surface area contributed by atoms with Crippen LogP contribution in [0.3, 0.4) is 0 Å². The van der Waals surface area contributed by atoms with Gasteiger partial charge in [-0.05, 0) is 37.1 Å². The minimum atomic E-state index is -0.406. The highest BCUT2D eigenvalue weighted by atomic mass is 16.3. The first-order chi connectivity index (χ1) is 9.06. The Morgan fingerprint density at radius 2 is 1.58 bits per heavy atom. The molecule has 0 saturated carbocycles. The lowest BCUT2D eigenvalue weighted by Crippen LogP contribution is -2.16. The second kappa shape index (κ2) is 5.89. The summed E-state index contributed by atoms with van der Waals surface area (Å²) in [6.07, 6.45) is -0.406. The molecule has 2 heteroatoms. The van der Waals surface area contributed by atoms with E-state index in [1.165, 1.54) is 11.1 Å². The molecule has 2 aromatic rings. The topological polar surface area (TPSA) is 23.5 Å². The van der Waals surface area contributed by atoms with Crippen LogP contribution in [0.4, 0.5) is 5.69 Å². The van der Waals surface area contributed by atoms with Gasteiger partial charge in [-0.2, -0.15) is 0 Å². The highest BCUT2D eigenvalue weighted by Crippen LogP contribution is 2.19. The average molecular weight is 255 g/mol. The standard InChI is InChI=1S/C17H21NO/c1-13-4-6-15(7-5-13)12-18(3)17-10-8-16(9-11-17)14(2)19/h4-11,14,19H,12H2,1-3H3/t14-/m1/s1. The molecule has 0 fully saturated rings. The summed E-state index contributed by atoms with van der Waals surface area (Å²) >= 11 is 0. The predicted molar refractivity (Wildman–Crippen MR) is 80.4 cm³/mol. The van der Waals surface area contributed by atoms with Gasteiger partial charge in [-0.3, -0.25) is 0 Å². The Hall–Kier alpha value is -1.80. The zero-order valence-electron chi connectivity index (χ0n) is 11.8. The van der Waals surface area contributed by atoms with Crippen LogP contribution in [0, 0.1) is 6.92 Å². The molecule has 0 aromatic heterocycles. The van der Waals surface area contributed by atoms with Crippen molar-refractivity contribution in [2.75, 3.05) is 11.9 Å². The molecule has 0 heterocycles. The lowest BCUT2D eigenvalue weighted by atomic mass is 10.1. The Labute approximate surface area is 115 Å². The minimum Gasteiger partial charge on any atom is -0.389 e. The zero-order chi connectivity index (χ0) is 13.8. The summed E-state index contributed by atoms with van der Waals surface area (Å²) in [6.45, 7) is 4.77. The predicted octanol–water partition coefficient (Wildman–Crippen LogP) is 3.68. The number of rotatable bonds is 4. The highest BCUT2D eigenvalue weighted by molar-refractivity contribution is 5.47. The van der Waals surface area contributed by atoms with E-state index in [0.717, 1.165) is 17.8 Å². The molecule has 0 aliphatic heterocycles. The molecule has 2 aromatic carbocycles. The fraction of sp³-hybridized carbons (Fsp3) is 0.294. The van der Waals surface area contributed by atoms with Crippen molar-refractivity contribution in [2.45, 2.75) is 26.5 Å². The number of anilines is 1. The summed E-state index contributed by atoms with van der Waals surface area (Å²) in [5.74, 6) is 0. The molecule has 0 amide bonds. The third-order valence-corrected chi connectivity index (χ3v) is 3.36. The van der Waals surface area contributed by atoms with Crippen LogP contribution >= 0.6 is 0 Å². The van der Waals surface area contributed by atoms with Gasteiger partial charge < -0.3 is 10.0 Å². The maximum atomic E-state index is 9.50. The van der Waals surface area contributed by atoms with Crippen molar-refractivity contribution < 1.29 is 5.11 Å². The van der Waals surface area contributed by atoms with Gasteiger partial charge in [-0.1, -0.05) is 42.0 Å². The van der Waals surface area contributed by atoms with E-state index in [1.54, 1.807) is 6.92 Å². The first-order valence-electron chi connectivity index (χ1n) is 6.61. The van der Waals surface area contributed by atoms with Crippen molar-refractivity contribution in [3.8, 4) is 0 Å². The molecule has 100 valence electrons. The summed E-state index contributed by atoms with van der Waals surface area (Å²) in [7, 11) is 2.08. The number of hydrogen-bond acceptors (Lipinski definition) is 2. The normalized spacial score (nSPS) is 12.2. The van der Waals surface area contributed by atoms with E-state index in [-0.39, 0.29) is 0 Å².